The summed E-state index contributed by atoms with van der Waals surface area (Å²) in [5.41, 5.74) is 0.915. The average Bonchev–Trinajstić information content (AvgIpc) is 3.33. The van der Waals surface area contributed by atoms with Crippen molar-refractivity contribution in [3.63, 3.8) is 0 Å². The van der Waals surface area contributed by atoms with Gasteiger partial charge in [-0.05, 0) is 24.3 Å². The first-order valence-electron chi connectivity index (χ1n) is 9.61. The minimum atomic E-state index is -0.159. The molecule has 7 nitrogen and oxygen atoms in total. The van der Waals surface area contributed by atoms with Crippen LogP contribution >= 0.6 is 0 Å². The highest BCUT2D eigenvalue weighted by Crippen LogP contribution is 2.47. The number of ether oxygens (including phenoxy) is 2. The van der Waals surface area contributed by atoms with Crippen LogP contribution in [0.2, 0.25) is 0 Å². The van der Waals surface area contributed by atoms with Crippen LogP contribution in [0.1, 0.15) is 5.82 Å². The Morgan fingerprint density at radius 1 is 1.37 bits per heavy atom. The monoisotopic (exact) mass is 370 g/mol. The fourth-order valence-electron chi connectivity index (χ4n) is 5.15. The Hall–Kier alpha value is -1.93. The number of rotatable bonds is 5. The van der Waals surface area contributed by atoms with Crippen LogP contribution in [0.3, 0.4) is 0 Å². The predicted octanol–water partition coefficient (Wildman–Crippen LogP) is 0.662. The molecule has 4 heterocycles. The summed E-state index contributed by atoms with van der Waals surface area (Å²) in [5.74, 6) is 2.47. The molecule has 0 amide bonds. The van der Waals surface area contributed by atoms with E-state index >= 15 is 0 Å². The summed E-state index contributed by atoms with van der Waals surface area (Å²) in [6.45, 7) is 4.52. The summed E-state index contributed by atoms with van der Waals surface area (Å²) >= 11 is 0. The van der Waals surface area contributed by atoms with Crippen molar-refractivity contribution in [1.29, 1.82) is 0 Å². The third-order valence-electron chi connectivity index (χ3n) is 6.42. The summed E-state index contributed by atoms with van der Waals surface area (Å²) in [6, 6.07) is 8.02. The number of likely N-dealkylation sites (tertiary alicyclic amines) is 1. The number of morpholine rings is 1. The van der Waals surface area contributed by atoms with Crippen LogP contribution in [0.25, 0.3) is 5.69 Å². The number of benzene rings is 1. The van der Waals surface area contributed by atoms with Crippen LogP contribution in [0.15, 0.2) is 36.7 Å². The van der Waals surface area contributed by atoms with Gasteiger partial charge in [0.1, 0.15) is 11.6 Å². The average molecular weight is 370 g/mol. The van der Waals surface area contributed by atoms with Gasteiger partial charge in [0.25, 0.3) is 0 Å². The SMILES string of the molecule is COc1ccc(-n2ccnc2CN2C[C@@H]3[C@H](CO)[C@H]4CNC[C@]3(C2)O4)cc1. The highest BCUT2D eigenvalue weighted by atomic mass is 16.5. The number of aromatic nitrogens is 2. The first-order chi connectivity index (χ1) is 13.2. The Labute approximate surface area is 158 Å². The van der Waals surface area contributed by atoms with E-state index in [0.717, 1.165) is 50.0 Å². The van der Waals surface area contributed by atoms with E-state index in [1.165, 1.54) is 0 Å². The van der Waals surface area contributed by atoms with Gasteiger partial charge in [-0.3, -0.25) is 4.90 Å². The van der Waals surface area contributed by atoms with Gasteiger partial charge in [0.2, 0.25) is 0 Å². The molecule has 1 spiro atoms. The summed E-state index contributed by atoms with van der Waals surface area (Å²) in [6.07, 6.45) is 3.99. The van der Waals surface area contributed by atoms with E-state index in [-0.39, 0.29) is 24.2 Å². The molecule has 1 aromatic carbocycles. The van der Waals surface area contributed by atoms with Gasteiger partial charge in [-0.15, -0.1) is 0 Å². The number of aliphatic hydroxyl groups excluding tert-OH is 1. The van der Waals surface area contributed by atoms with Gasteiger partial charge in [-0.25, -0.2) is 4.98 Å². The molecule has 2 N–H and O–H groups in total. The molecular formula is C20H26N4O3. The van der Waals surface area contributed by atoms with Gasteiger partial charge < -0.3 is 24.5 Å². The van der Waals surface area contributed by atoms with Gasteiger partial charge in [-0.1, -0.05) is 0 Å². The molecule has 3 saturated heterocycles. The Balaban J connectivity index is 1.35. The zero-order valence-electron chi connectivity index (χ0n) is 15.5. The minimum Gasteiger partial charge on any atom is -0.497 e. The van der Waals surface area contributed by atoms with Crippen LogP contribution in [0.5, 0.6) is 5.75 Å². The van der Waals surface area contributed by atoms with Crippen LogP contribution in [0, 0.1) is 11.8 Å². The second kappa shape index (κ2) is 6.60. The molecule has 2 aromatic rings. The lowest BCUT2D eigenvalue weighted by molar-refractivity contribution is -0.0747. The normalized spacial score (nSPS) is 32.6. The topological polar surface area (TPSA) is 71.8 Å². The molecule has 4 atom stereocenters. The largest absolute Gasteiger partial charge is 0.497 e. The van der Waals surface area contributed by atoms with E-state index in [9.17, 15) is 5.11 Å². The lowest BCUT2D eigenvalue weighted by Crippen LogP contribution is -2.52. The van der Waals surface area contributed by atoms with Crippen molar-refractivity contribution < 1.29 is 14.6 Å². The molecule has 144 valence electrons. The van der Waals surface area contributed by atoms with Crippen LogP contribution in [-0.2, 0) is 11.3 Å². The Kier molecular flexibility index (Phi) is 4.20. The number of hydrogen-bond acceptors (Lipinski definition) is 6. The van der Waals surface area contributed by atoms with E-state index in [0.29, 0.717) is 5.92 Å². The predicted molar refractivity (Wildman–Crippen MR) is 99.9 cm³/mol. The molecule has 2 bridgehead atoms. The standard InChI is InChI=1S/C20H26N4O3/c1-26-15-4-2-14(3-5-15)24-7-6-22-19(24)10-23-9-17-16(11-25)18-8-21-12-20(17,13-23)27-18/h2-7,16-18,21,25H,8-13H2,1H3/t16-,17+,18+,20+/m0/s1. The number of aliphatic hydroxyl groups is 1. The van der Waals surface area contributed by atoms with Crippen molar-refractivity contribution in [1.82, 2.24) is 19.8 Å². The number of methoxy groups -OCH3 is 1. The molecule has 27 heavy (non-hydrogen) atoms. The maximum Gasteiger partial charge on any atom is 0.127 e. The summed E-state index contributed by atoms with van der Waals surface area (Å²) < 4.78 is 13.8. The van der Waals surface area contributed by atoms with E-state index in [4.69, 9.17) is 9.47 Å². The maximum absolute atomic E-state index is 9.88. The van der Waals surface area contributed by atoms with E-state index < -0.39 is 0 Å². The van der Waals surface area contributed by atoms with Crippen LogP contribution < -0.4 is 10.1 Å². The quantitative estimate of drug-likeness (QED) is 0.806. The van der Waals surface area contributed by atoms with Gasteiger partial charge in [0.15, 0.2) is 0 Å². The van der Waals surface area contributed by atoms with Crippen molar-refractivity contribution in [2.24, 2.45) is 11.8 Å². The highest BCUT2D eigenvalue weighted by molar-refractivity contribution is 5.38. The summed E-state index contributed by atoms with van der Waals surface area (Å²) in [5, 5.41) is 13.4. The van der Waals surface area contributed by atoms with Crippen molar-refractivity contribution in [3.05, 3.63) is 42.5 Å². The Bertz CT molecular complexity index is 808. The number of nitrogens with zero attached hydrogens (tertiary/aromatic N) is 3. The molecule has 3 fully saturated rings. The highest BCUT2D eigenvalue weighted by Gasteiger charge is 2.60. The van der Waals surface area contributed by atoms with Crippen LogP contribution in [0.4, 0.5) is 0 Å². The lowest BCUT2D eigenvalue weighted by atomic mass is 9.83. The number of hydrogen-bond donors (Lipinski definition) is 2. The molecule has 0 aliphatic carbocycles. The fourth-order valence-corrected chi connectivity index (χ4v) is 5.15. The van der Waals surface area contributed by atoms with E-state index in [2.05, 4.69) is 19.8 Å². The number of imidazole rings is 1. The van der Waals surface area contributed by atoms with E-state index in [1.807, 2.05) is 36.7 Å². The van der Waals surface area contributed by atoms with Crippen molar-refractivity contribution in [2.75, 3.05) is 39.9 Å². The molecule has 3 aliphatic heterocycles. The van der Waals surface area contributed by atoms with Crippen molar-refractivity contribution in [3.8, 4) is 11.4 Å². The molecule has 3 aliphatic rings. The maximum atomic E-state index is 9.88. The van der Waals surface area contributed by atoms with Crippen LogP contribution in [-0.4, -0.2) is 71.2 Å². The second-order valence-corrected chi connectivity index (χ2v) is 7.89. The van der Waals surface area contributed by atoms with E-state index in [1.54, 1.807) is 7.11 Å². The smallest absolute Gasteiger partial charge is 0.127 e. The van der Waals surface area contributed by atoms with Crippen molar-refractivity contribution >= 4 is 0 Å². The number of fused-ring (bicyclic) bond motifs is 1. The summed E-state index contributed by atoms with van der Waals surface area (Å²) in [7, 11) is 1.67. The molecule has 0 unspecified atom stereocenters. The zero-order valence-corrected chi connectivity index (χ0v) is 15.5. The Morgan fingerprint density at radius 2 is 2.22 bits per heavy atom. The van der Waals surface area contributed by atoms with Crippen molar-refractivity contribution in [2.45, 2.75) is 18.2 Å². The second-order valence-electron chi connectivity index (χ2n) is 7.89. The lowest BCUT2D eigenvalue weighted by Gasteiger charge is -2.34. The summed E-state index contributed by atoms with van der Waals surface area (Å²) in [4.78, 5) is 7.01. The van der Waals surface area contributed by atoms with Gasteiger partial charge >= 0.3 is 0 Å². The Morgan fingerprint density at radius 3 is 3.00 bits per heavy atom. The molecule has 5 rings (SSSR count). The first-order valence-corrected chi connectivity index (χ1v) is 9.61. The fraction of sp³-hybridized carbons (Fsp3) is 0.550. The number of nitrogens with one attached hydrogen (secondary N) is 1. The van der Waals surface area contributed by atoms with Gasteiger partial charge in [-0.2, -0.15) is 0 Å². The zero-order chi connectivity index (χ0) is 18.4. The molecular weight excluding hydrogens is 344 g/mol. The van der Waals surface area contributed by atoms with Gasteiger partial charge in [0, 0.05) is 62.7 Å². The molecule has 0 saturated carbocycles. The molecule has 1 aromatic heterocycles. The third-order valence-corrected chi connectivity index (χ3v) is 6.42. The first kappa shape index (κ1) is 17.2. The molecule has 7 heteroatoms. The minimum absolute atomic E-state index is 0.150. The van der Waals surface area contributed by atoms with Gasteiger partial charge in [0.05, 0.1) is 25.4 Å². The molecule has 0 radical (unpaired) electrons. The third kappa shape index (κ3) is 2.77.